The number of carboxylic acids is 1. The van der Waals surface area contributed by atoms with Crippen molar-refractivity contribution in [2.75, 3.05) is 19.6 Å². The van der Waals surface area contributed by atoms with E-state index in [1.54, 1.807) is 4.90 Å². The van der Waals surface area contributed by atoms with Crippen LogP contribution >= 0.6 is 0 Å². The Kier molecular flexibility index (Phi) is 4.45. The lowest BCUT2D eigenvalue weighted by Gasteiger charge is -2.34. The van der Waals surface area contributed by atoms with Crippen molar-refractivity contribution < 1.29 is 14.7 Å². The molecule has 0 atom stereocenters. The smallest absolute Gasteiger partial charge is 0.317 e. The number of carbonyl (C=O) groups excluding carboxylic acids is 1. The minimum absolute atomic E-state index is 0.143. The molecule has 0 saturated heterocycles. The lowest BCUT2D eigenvalue weighted by Crippen LogP contribution is -2.49. The molecule has 0 aromatic heterocycles. The molecule has 0 unspecified atom stereocenters. The van der Waals surface area contributed by atoms with Crippen LogP contribution in [0.3, 0.4) is 0 Å². The van der Waals surface area contributed by atoms with E-state index in [9.17, 15) is 14.7 Å². The third kappa shape index (κ3) is 3.28. The predicted octanol–water partition coefficient (Wildman–Crippen LogP) is 1.99. The Hall–Kier alpha value is -1.52. The van der Waals surface area contributed by atoms with Crippen molar-refractivity contribution in [2.45, 2.75) is 38.5 Å². The quantitative estimate of drug-likeness (QED) is 0.767. The number of carboxylic acid groups (broad SMARTS) is 1. The summed E-state index contributed by atoms with van der Waals surface area (Å²) in [5.74, 6) is -0.772. The maximum atomic E-state index is 12.0. The summed E-state index contributed by atoms with van der Waals surface area (Å²) in [7, 11) is 0. The second-order valence-electron chi connectivity index (χ2n) is 5.51. The van der Waals surface area contributed by atoms with Gasteiger partial charge in [0.2, 0.25) is 0 Å². The van der Waals surface area contributed by atoms with Gasteiger partial charge in [-0.05, 0) is 19.3 Å². The molecular formula is C14H22N2O3. The summed E-state index contributed by atoms with van der Waals surface area (Å²) in [6, 6.07) is -0.143. The molecule has 106 valence electrons. The van der Waals surface area contributed by atoms with E-state index in [0.29, 0.717) is 25.9 Å². The monoisotopic (exact) mass is 266 g/mol. The molecule has 5 nitrogen and oxygen atoms in total. The van der Waals surface area contributed by atoms with Gasteiger partial charge in [0.05, 0.1) is 5.41 Å². The van der Waals surface area contributed by atoms with Gasteiger partial charge in [-0.15, -0.1) is 0 Å². The first-order valence-corrected chi connectivity index (χ1v) is 7.05. The van der Waals surface area contributed by atoms with Crippen molar-refractivity contribution in [2.24, 2.45) is 5.41 Å². The van der Waals surface area contributed by atoms with Crippen molar-refractivity contribution in [3.05, 3.63) is 12.2 Å². The molecular weight excluding hydrogens is 244 g/mol. The molecule has 1 heterocycles. The van der Waals surface area contributed by atoms with Crippen LogP contribution in [-0.2, 0) is 4.79 Å². The van der Waals surface area contributed by atoms with Crippen LogP contribution in [-0.4, -0.2) is 41.6 Å². The summed E-state index contributed by atoms with van der Waals surface area (Å²) in [5, 5.41) is 12.3. The van der Waals surface area contributed by atoms with Crippen molar-refractivity contribution in [3.8, 4) is 0 Å². The molecule has 2 N–H and O–H groups in total. The van der Waals surface area contributed by atoms with Gasteiger partial charge in [0.15, 0.2) is 0 Å². The fourth-order valence-corrected chi connectivity index (χ4v) is 2.88. The number of amides is 2. The Balaban J connectivity index is 1.89. The summed E-state index contributed by atoms with van der Waals surface area (Å²) in [5.41, 5.74) is -0.750. The first kappa shape index (κ1) is 13.9. The van der Waals surface area contributed by atoms with Crippen LogP contribution in [0.25, 0.3) is 0 Å². The summed E-state index contributed by atoms with van der Waals surface area (Å²) in [4.78, 5) is 25.2. The first-order valence-electron chi connectivity index (χ1n) is 7.05. The van der Waals surface area contributed by atoms with E-state index in [4.69, 9.17) is 0 Å². The Morgan fingerprint density at radius 2 is 1.95 bits per heavy atom. The van der Waals surface area contributed by atoms with Crippen molar-refractivity contribution in [3.63, 3.8) is 0 Å². The van der Waals surface area contributed by atoms with Crippen molar-refractivity contribution in [1.82, 2.24) is 10.2 Å². The molecule has 2 amide bonds. The third-order valence-corrected chi connectivity index (χ3v) is 4.19. The number of nitrogens with one attached hydrogen (secondary N) is 1. The van der Waals surface area contributed by atoms with Gasteiger partial charge in [-0.2, -0.15) is 0 Å². The van der Waals surface area contributed by atoms with Crippen LogP contribution in [0, 0.1) is 5.41 Å². The topological polar surface area (TPSA) is 69.6 Å². The summed E-state index contributed by atoms with van der Waals surface area (Å²) in [6.07, 6.45) is 9.21. The number of urea groups is 1. The maximum absolute atomic E-state index is 12.0. The lowest BCUT2D eigenvalue weighted by molar-refractivity contribution is -0.150. The van der Waals surface area contributed by atoms with Crippen LogP contribution in [0.15, 0.2) is 12.2 Å². The lowest BCUT2D eigenvalue weighted by atomic mass is 9.74. The van der Waals surface area contributed by atoms with E-state index >= 15 is 0 Å². The Bertz CT molecular complexity index is 373. The molecule has 1 fully saturated rings. The van der Waals surface area contributed by atoms with Gasteiger partial charge in [0.25, 0.3) is 0 Å². The van der Waals surface area contributed by atoms with Gasteiger partial charge >= 0.3 is 12.0 Å². The highest BCUT2D eigenvalue weighted by atomic mass is 16.4. The van der Waals surface area contributed by atoms with Gasteiger partial charge in [-0.25, -0.2) is 4.79 Å². The van der Waals surface area contributed by atoms with Crippen LogP contribution in [0.1, 0.15) is 38.5 Å². The molecule has 0 aromatic rings. The Morgan fingerprint density at radius 1 is 1.21 bits per heavy atom. The number of carbonyl (C=O) groups is 2. The molecule has 2 rings (SSSR count). The number of rotatable bonds is 3. The number of hydrogen-bond donors (Lipinski definition) is 2. The van der Waals surface area contributed by atoms with Crippen molar-refractivity contribution in [1.29, 1.82) is 0 Å². The molecule has 0 spiro atoms. The second kappa shape index (κ2) is 6.08. The summed E-state index contributed by atoms with van der Waals surface area (Å²) < 4.78 is 0. The average molecular weight is 266 g/mol. The zero-order chi connectivity index (χ0) is 13.7. The fourth-order valence-electron chi connectivity index (χ4n) is 2.88. The molecule has 1 aliphatic heterocycles. The Labute approximate surface area is 113 Å². The van der Waals surface area contributed by atoms with Crippen LogP contribution in [0.2, 0.25) is 0 Å². The highest BCUT2D eigenvalue weighted by Gasteiger charge is 2.40. The molecule has 1 saturated carbocycles. The van der Waals surface area contributed by atoms with E-state index in [-0.39, 0.29) is 12.6 Å². The number of hydrogen-bond acceptors (Lipinski definition) is 2. The Morgan fingerprint density at radius 3 is 2.53 bits per heavy atom. The van der Waals surface area contributed by atoms with E-state index in [1.165, 1.54) is 0 Å². The van der Waals surface area contributed by atoms with Gasteiger partial charge in [-0.1, -0.05) is 31.4 Å². The number of nitrogens with zero attached hydrogens (tertiary/aromatic N) is 1. The minimum atomic E-state index is -0.772. The molecule has 19 heavy (non-hydrogen) atoms. The highest BCUT2D eigenvalue weighted by Crippen LogP contribution is 2.36. The standard InChI is InChI=1S/C14H22N2O3/c17-12(18)14(7-3-1-4-8-14)11-15-13(19)16-9-5-2-6-10-16/h2,5H,1,3-4,6-11H2,(H,15,19)(H,17,18). The van der Waals surface area contributed by atoms with Crippen molar-refractivity contribution >= 4 is 12.0 Å². The van der Waals surface area contributed by atoms with Gasteiger partial charge in [0, 0.05) is 19.6 Å². The highest BCUT2D eigenvalue weighted by molar-refractivity contribution is 5.78. The van der Waals surface area contributed by atoms with E-state index in [0.717, 1.165) is 25.7 Å². The minimum Gasteiger partial charge on any atom is -0.481 e. The van der Waals surface area contributed by atoms with Gasteiger partial charge in [-0.3, -0.25) is 4.79 Å². The number of aliphatic carboxylic acids is 1. The van der Waals surface area contributed by atoms with E-state index in [2.05, 4.69) is 11.4 Å². The average Bonchev–Trinajstić information content (AvgIpc) is 2.46. The second-order valence-corrected chi connectivity index (χ2v) is 5.51. The maximum Gasteiger partial charge on any atom is 0.317 e. The fraction of sp³-hybridized carbons (Fsp3) is 0.714. The van der Waals surface area contributed by atoms with Crippen LogP contribution in [0.5, 0.6) is 0 Å². The molecule has 1 aliphatic carbocycles. The molecule has 0 bridgehead atoms. The molecule has 0 aromatic carbocycles. The third-order valence-electron chi connectivity index (χ3n) is 4.19. The van der Waals surface area contributed by atoms with Gasteiger partial charge < -0.3 is 15.3 Å². The van der Waals surface area contributed by atoms with Crippen LogP contribution < -0.4 is 5.32 Å². The SMILES string of the molecule is O=C(NCC1(C(=O)O)CCCCC1)N1CC=CCC1. The zero-order valence-corrected chi connectivity index (χ0v) is 11.2. The zero-order valence-electron chi connectivity index (χ0n) is 11.2. The van der Waals surface area contributed by atoms with Gasteiger partial charge in [0.1, 0.15) is 0 Å². The normalized spacial score (nSPS) is 22.0. The van der Waals surface area contributed by atoms with Crippen LogP contribution in [0.4, 0.5) is 4.79 Å². The molecule has 2 aliphatic rings. The summed E-state index contributed by atoms with van der Waals surface area (Å²) in [6.45, 7) is 1.58. The van der Waals surface area contributed by atoms with E-state index < -0.39 is 11.4 Å². The molecule has 0 radical (unpaired) electrons. The predicted molar refractivity (Wildman–Crippen MR) is 71.9 cm³/mol. The first-order chi connectivity index (χ1) is 9.14. The summed E-state index contributed by atoms with van der Waals surface area (Å²) >= 11 is 0. The largest absolute Gasteiger partial charge is 0.481 e. The van der Waals surface area contributed by atoms with E-state index in [1.807, 2.05) is 6.08 Å². The molecule has 5 heteroatoms.